The Balaban J connectivity index is 1.40. The topological polar surface area (TPSA) is 88.4 Å². The first-order valence-electron chi connectivity index (χ1n) is 8.70. The smallest absolute Gasteiger partial charge is 0.319 e. The molecule has 0 bridgehead atoms. The molecule has 1 saturated heterocycles. The van der Waals surface area contributed by atoms with Gasteiger partial charge >= 0.3 is 6.03 Å². The number of aromatic nitrogens is 2. The molecule has 3 N–H and O–H groups in total. The van der Waals surface area contributed by atoms with Crippen molar-refractivity contribution in [2.75, 3.05) is 18.5 Å². The molecule has 2 amide bonds. The lowest BCUT2D eigenvalue weighted by molar-refractivity contribution is 0.0940. The van der Waals surface area contributed by atoms with E-state index in [1.807, 2.05) is 0 Å². The first kappa shape index (κ1) is 18.3. The molecule has 2 aromatic rings. The highest BCUT2D eigenvalue weighted by Crippen LogP contribution is 2.15. The molecule has 1 aliphatic heterocycles. The van der Waals surface area contributed by atoms with E-state index < -0.39 is 12.1 Å². The zero-order valence-corrected chi connectivity index (χ0v) is 14.4. The Labute approximate surface area is 151 Å². The number of rotatable bonds is 7. The van der Waals surface area contributed by atoms with Crippen LogP contribution in [0.1, 0.15) is 18.4 Å². The zero-order valence-electron chi connectivity index (χ0n) is 14.4. The first-order valence-corrected chi connectivity index (χ1v) is 8.70. The molecule has 2 heterocycles. The van der Waals surface area contributed by atoms with Crippen LogP contribution in [0.15, 0.2) is 36.7 Å². The minimum Gasteiger partial charge on any atom is -0.391 e. The molecule has 1 fully saturated rings. The van der Waals surface area contributed by atoms with Gasteiger partial charge in [0.25, 0.3) is 0 Å². The second-order valence-electron chi connectivity index (χ2n) is 6.41. The standard InChI is InChI=1S/C18H23FN4O3/c19-14-4-1-3-13(7-14)8-16(24)10-20-18(25)22-15-9-21-23(11-15)12-17-5-2-6-26-17/h1,3-4,7,9,11,16-17,24H,2,5-6,8,10,12H2,(H2,20,22,25). The molecular formula is C18H23FN4O3. The molecule has 140 valence electrons. The average molecular weight is 362 g/mol. The lowest BCUT2D eigenvalue weighted by Crippen LogP contribution is -2.36. The van der Waals surface area contributed by atoms with Gasteiger partial charge in [-0.2, -0.15) is 5.10 Å². The average Bonchev–Trinajstić information content (AvgIpc) is 3.26. The highest BCUT2D eigenvalue weighted by atomic mass is 19.1. The third-order valence-electron chi connectivity index (χ3n) is 4.16. The number of aliphatic hydroxyl groups excluding tert-OH is 1. The Morgan fingerprint density at radius 3 is 3.15 bits per heavy atom. The van der Waals surface area contributed by atoms with Crippen molar-refractivity contribution < 1.29 is 19.0 Å². The molecule has 26 heavy (non-hydrogen) atoms. The number of ether oxygens (including phenoxy) is 1. The number of nitrogens with one attached hydrogen (secondary N) is 2. The number of aliphatic hydroxyl groups is 1. The van der Waals surface area contributed by atoms with Crippen LogP contribution in [-0.2, 0) is 17.7 Å². The van der Waals surface area contributed by atoms with E-state index in [1.54, 1.807) is 29.2 Å². The molecule has 1 aromatic heterocycles. The Morgan fingerprint density at radius 1 is 1.50 bits per heavy atom. The largest absolute Gasteiger partial charge is 0.391 e. The third kappa shape index (κ3) is 5.53. The molecule has 8 heteroatoms. The van der Waals surface area contributed by atoms with Gasteiger partial charge < -0.3 is 20.5 Å². The summed E-state index contributed by atoms with van der Waals surface area (Å²) in [6.07, 6.45) is 5.03. The predicted molar refractivity (Wildman–Crippen MR) is 94.3 cm³/mol. The van der Waals surface area contributed by atoms with Crippen molar-refractivity contribution >= 4 is 11.7 Å². The van der Waals surface area contributed by atoms with E-state index in [0.29, 0.717) is 17.8 Å². The molecule has 0 aliphatic carbocycles. The Morgan fingerprint density at radius 2 is 2.38 bits per heavy atom. The van der Waals surface area contributed by atoms with Crippen LogP contribution in [0, 0.1) is 5.82 Å². The van der Waals surface area contributed by atoms with E-state index in [9.17, 15) is 14.3 Å². The van der Waals surface area contributed by atoms with Crippen LogP contribution in [0.5, 0.6) is 0 Å². The van der Waals surface area contributed by atoms with Gasteiger partial charge in [0.2, 0.25) is 0 Å². The van der Waals surface area contributed by atoms with Gasteiger partial charge in [0.15, 0.2) is 0 Å². The number of carbonyl (C=O) groups excluding carboxylic acids is 1. The zero-order chi connectivity index (χ0) is 18.4. The third-order valence-corrected chi connectivity index (χ3v) is 4.16. The van der Waals surface area contributed by atoms with E-state index in [2.05, 4.69) is 15.7 Å². The summed E-state index contributed by atoms with van der Waals surface area (Å²) < 4.78 is 20.4. The van der Waals surface area contributed by atoms with E-state index in [4.69, 9.17) is 4.74 Å². The van der Waals surface area contributed by atoms with Crippen LogP contribution in [0.25, 0.3) is 0 Å². The molecule has 1 aromatic carbocycles. The summed E-state index contributed by atoms with van der Waals surface area (Å²) in [7, 11) is 0. The van der Waals surface area contributed by atoms with Gasteiger partial charge in [0.05, 0.1) is 30.6 Å². The first-order chi connectivity index (χ1) is 12.6. The summed E-state index contributed by atoms with van der Waals surface area (Å²) >= 11 is 0. The number of benzene rings is 1. The second kappa shape index (κ2) is 8.77. The van der Waals surface area contributed by atoms with Crippen molar-refractivity contribution in [1.29, 1.82) is 0 Å². The van der Waals surface area contributed by atoms with Crippen molar-refractivity contribution in [2.24, 2.45) is 0 Å². The molecule has 0 radical (unpaired) electrons. The van der Waals surface area contributed by atoms with Gasteiger partial charge in [-0.15, -0.1) is 0 Å². The Kier molecular flexibility index (Phi) is 6.19. The maximum absolute atomic E-state index is 13.1. The highest BCUT2D eigenvalue weighted by Gasteiger charge is 2.16. The van der Waals surface area contributed by atoms with Crippen LogP contribution in [0.3, 0.4) is 0 Å². The highest BCUT2D eigenvalue weighted by molar-refractivity contribution is 5.88. The van der Waals surface area contributed by atoms with Crippen LogP contribution in [0.2, 0.25) is 0 Å². The summed E-state index contributed by atoms with van der Waals surface area (Å²) in [5.74, 6) is -0.347. The number of carbonyl (C=O) groups is 1. The van der Waals surface area contributed by atoms with Crippen LogP contribution >= 0.6 is 0 Å². The quantitative estimate of drug-likeness (QED) is 0.702. The van der Waals surface area contributed by atoms with E-state index >= 15 is 0 Å². The van der Waals surface area contributed by atoms with Gasteiger partial charge in [-0.3, -0.25) is 4.68 Å². The Bertz CT molecular complexity index is 731. The molecule has 7 nitrogen and oxygen atoms in total. The van der Waals surface area contributed by atoms with E-state index in [0.717, 1.165) is 19.4 Å². The van der Waals surface area contributed by atoms with Gasteiger partial charge in [-0.25, -0.2) is 9.18 Å². The van der Waals surface area contributed by atoms with E-state index in [1.165, 1.54) is 12.1 Å². The fraction of sp³-hybridized carbons (Fsp3) is 0.444. The van der Waals surface area contributed by atoms with Gasteiger partial charge in [0.1, 0.15) is 5.82 Å². The molecule has 2 unspecified atom stereocenters. The van der Waals surface area contributed by atoms with Crippen LogP contribution in [-0.4, -0.2) is 46.3 Å². The van der Waals surface area contributed by atoms with Crippen molar-refractivity contribution in [3.05, 3.63) is 48.0 Å². The Hall–Kier alpha value is -2.45. The van der Waals surface area contributed by atoms with Crippen molar-refractivity contribution in [3.63, 3.8) is 0 Å². The normalized spacial score (nSPS) is 17.8. The lowest BCUT2D eigenvalue weighted by Gasteiger charge is -2.12. The molecule has 3 rings (SSSR count). The van der Waals surface area contributed by atoms with Gasteiger partial charge in [-0.1, -0.05) is 12.1 Å². The molecular weight excluding hydrogens is 339 g/mol. The fourth-order valence-corrected chi connectivity index (χ4v) is 2.92. The lowest BCUT2D eigenvalue weighted by atomic mass is 10.1. The van der Waals surface area contributed by atoms with Crippen LogP contribution < -0.4 is 10.6 Å². The van der Waals surface area contributed by atoms with Gasteiger partial charge in [0, 0.05) is 25.8 Å². The number of hydrogen-bond donors (Lipinski definition) is 3. The maximum Gasteiger partial charge on any atom is 0.319 e. The minimum absolute atomic E-state index is 0.0619. The van der Waals surface area contributed by atoms with E-state index in [-0.39, 0.29) is 24.9 Å². The summed E-state index contributed by atoms with van der Waals surface area (Å²) in [5.41, 5.74) is 1.25. The van der Waals surface area contributed by atoms with Crippen LogP contribution in [0.4, 0.5) is 14.9 Å². The van der Waals surface area contributed by atoms with Crippen molar-refractivity contribution in [2.45, 2.75) is 38.0 Å². The number of anilines is 1. The molecule has 1 aliphatic rings. The maximum atomic E-state index is 13.1. The summed E-state index contributed by atoms with van der Waals surface area (Å²) in [5, 5.41) is 19.4. The summed E-state index contributed by atoms with van der Waals surface area (Å²) in [6.45, 7) is 1.51. The van der Waals surface area contributed by atoms with Crippen molar-refractivity contribution in [1.82, 2.24) is 15.1 Å². The fourth-order valence-electron chi connectivity index (χ4n) is 2.92. The number of urea groups is 1. The number of halogens is 1. The molecule has 0 spiro atoms. The molecule has 2 atom stereocenters. The summed E-state index contributed by atoms with van der Waals surface area (Å²) in [6, 6.07) is 5.60. The number of nitrogens with zero attached hydrogens (tertiary/aromatic N) is 2. The number of hydrogen-bond acceptors (Lipinski definition) is 4. The monoisotopic (exact) mass is 362 g/mol. The minimum atomic E-state index is -0.801. The molecule has 0 saturated carbocycles. The number of amides is 2. The second-order valence-corrected chi connectivity index (χ2v) is 6.41. The summed E-state index contributed by atoms with van der Waals surface area (Å²) in [4.78, 5) is 11.9. The van der Waals surface area contributed by atoms with Gasteiger partial charge in [-0.05, 0) is 30.5 Å². The van der Waals surface area contributed by atoms with Crippen molar-refractivity contribution in [3.8, 4) is 0 Å². The predicted octanol–water partition coefficient (Wildman–Crippen LogP) is 1.93. The SMILES string of the molecule is O=C(NCC(O)Cc1cccc(F)c1)Nc1cnn(CC2CCCO2)c1.